The van der Waals surface area contributed by atoms with Gasteiger partial charge in [-0.1, -0.05) is 6.07 Å². The number of thiophene rings is 2. The molecular weight excluding hydrogens is 224 g/mol. The van der Waals surface area contributed by atoms with Crippen molar-refractivity contribution in [2.24, 2.45) is 0 Å². The summed E-state index contributed by atoms with van der Waals surface area (Å²) in [5.74, 6) is 0.837. The van der Waals surface area contributed by atoms with Gasteiger partial charge in [0.15, 0.2) is 0 Å². The van der Waals surface area contributed by atoms with E-state index in [0.717, 1.165) is 17.0 Å². The minimum absolute atomic E-state index is 0.837. The molecular formula is C11H8N2S2. The maximum absolute atomic E-state index is 4.53. The molecule has 0 spiro atoms. The molecule has 0 saturated carbocycles. The van der Waals surface area contributed by atoms with Crippen LogP contribution in [0.25, 0.3) is 20.8 Å². The van der Waals surface area contributed by atoms with Gasteiger partial charge in [-0.25, -0.2) is 9.97 Å². The Morgan fingerprint density at radius 2 is 2.00 bits per heavy atom. The van der Waals surface area contributed by atoms with Crippen molar-refractivity contribution in [2.45, 2.75) is 6.92 Å². The van der Waals surface area contributed by atoms with E-state index in [1.807, 2.05) is 13.0 Å². The minimum atomic E-state index is 0.837. The van der Waals surface area contributed by atoms with Crippen molar-refractivity contribution in [3.05, 3.63) is 34.8 Å². The third kappa shape index (κ3) is 1.46. The van der Waals surface area contributed by atoms with Crippen LogP contribution in [0.1, 0.15) is 5.82 Å². The van der Waals surface area contributed by atoms with E-state index < -0.39 is 0 Å². The number of fused-ring (bicyclic) bond motifs is 1. The Labute approximate surface area is 95.3 Å². The van der Waals surface area contributed by atoms with Gasteiger partial charge in [0.2, 0.25) is 0 Å². The van der Waals surface area contributed by atoms with Crippen LogP contribution in [-0.2, 0) is 0 Å². The van der Waals surface area contributed by atoms with Crippen LogP contribution in [0.2, 0.25) is 0 Å². The highest BCUT2D eigenvalue weighted by Gasteiger charge is 2.09. The van der Waals surface area contributed by atoms with E-state index in [1.165, 1.54) is 9.58 Å². The molecule has 3 aromatic rings. The van der Waals surface area contributed by atoms with Crippen molar-refractivity contribution in [3.63, 3.8) is 0 Å². The van der Waals surface area contributed by atoms with Crippen LogP contribution in [0.4, 0.5) is 0 Å². The molecule has 0 N–H and O–H groups in total. The van der Waals surface area contributed by atoms with Crippen molar-refractivity contribution in [2.75, 3.05) is 0 Å². The van der Waals surface area contributed by atoms with Crippen LogP contribution < -0.4 is 0 Å². The number of nitrogens with zero attached hydrogens (tertiary/aromatic N) is 2. The van der Waals surface area contributed by atoms with Crippen molar-refractivity contribution in [1.29, 1.82) is 0 Å². The first kappa shape index (κ1) is 9.00. The number of hydrogen-bond acceptors (Lipinski definition) is 4. The predicted octanol–water partition coefficient (Wildman–Crippen LogP) is 3.73. The Balaban J connectivity index is 2.38. The van der Waals surface area contributed by atoms with E-state index in [1.54, 1.807) is 22.7 Å². The Morgan fingerprint density at radius 3 is 2.80 bits per heavy atom. The first-order chi connectivity index (χ1) is 7.34. The molecule has 15 heavy (non-hydrogen) atoms. The summed E-state index contributed by atoms with van der Waals surface area (Å²) >= 11 is 3.42. The molecule has 0 aliphatic carbocycles. The molecule has 4 heteroatoms. The SMILES string of the molecule is Cc1nc(-c2cccs2)c2sccc2n1. The van der Waals surface area contributed by atoms with Gasteiger partial charge in [0.25, 0.3) is 0 Å². The van der Waals surface area contributed by atoms with Gasteiger partial charge in [-0.15, -0.1) is 22.7 Å². The molecule has 0 aliphatic rings. The molecule has 0 aliphatic heterocycles. The van der Waals surface area contributed by atoms with E-state index in [2.05, 4.69) is 32.9 Å². The zero-order valence-corrected chi connectivity index (χ0v) is 9.73. The van der Waals surface area contributed by atoms with Crippen LogP contribution in [0, 0.1) is 6.92 Å². The van der Waals surface area contributed by atoms with Gasteiger partial charge in [0.1, 0.15) is 11.5 Å². The minimum Gasteiger partial charge on any atom is -0.232 e. The molecule has 2 nitrogen and oxygen atoms in total. The summed E-state index contributed by atoms with van der Waals surface area (Å²) in [7, 11) is 0. The molecule has 3 aromatic heterocycles. The average molecular weight is 232 g/mol. The summed E-state index contributed by atoms with van der Waals surface area (Å²) in [6.07, 6.45) is 0. The fraction of sp³-hybridized carbons (Fsp3) is 0.0909. The number of aromatic nitrogens is 2. The highest BCUT2D eigenvalue weighted by molar-refractivity contribution is 7.18. The average Bonchev–Trinajstić information content (AvgIpc) is 2.86. The van der Waals surface area contributed by atoms with Crippen molar-refractivity contribution >= 4 is 32.9 Å². The van der Waals surface area contributed by atoms with Gasteiger partial charge in [0.05, 0.1) is 15.1 Å². The van der Waals surface area contributed by atoms with Gasteiger partial charge in [-0.2, -0.15) is 0 Å². The van der Waals surface area contributed by atoms with E-state index in [-0.39, 0.29) is 0 Å². The summed E-state index contributed by atoms with van der Waals surface area (Å²) in [6.45, 7) is 1.94. The number of aryl methyl sites for hydroxylation is 1. The lowest BCUT2D eigenvalue weighted by atomic mass is 10.3. The normalized spacial score (nSPS) is 11.0. The molecule has 0 atom stereocenters. The van der Waals surface area contributed by atoms with Crippen LogP contribution in [0.15, 0.2) is 29.0 Å². The predicted molar refractivity (Wildman–Crippen MR) is 65.5 cm³/mol. The third-order valence-corrected chi connectivity index (χ3v) is 3.96. The summed E-state index contributed by atoms with van der Waals surface area (Å²) in [6, 6.07) is 6.20. The Bertz CT molecular complexity index is 596. The lowest BCUT2D eigenvalue weighted by Crippen LogP contribution is -1.89. The Hall–Kier alpha value is -1.26. The fourth-order valence-electron chi connectivity index (χ4n) is 1.56. The highest BCUT2D eigenvalue weighted by Crippen LogP contribution is 2.32. The molecule has 0 bridgehead atoms. The summed E-state index contributed by atoms with van der Waals surface area (Å²) in [5.41, 5.74) is 2.12. The van der Waals surface area contributed by atoms with Gasteiger partial charge in [0, 0.05) is 0 Å². The molecule has 0 radical (unpaired) electrons. The van der Waals surface area contributed by atoms with Crippen molar-refractivity contribution in [1.82, 2.24) is 9.97 Å². The van der Waals surface area contributed by atoms with E-state index in [4.69, 9.17) is 0 Å². The molecule has 0 fully saturated rings. The smallest absolute Gasteiger partial charge is 0.126 e. The second-order valence-corrected chi connectivity index (χ2v) is 5.10. The zero-order chi connectivity index (χ0) is 10.3. The maximum atomic E-state index is 4.53. The lowest BCUT2D eigenvalue weighted by molar-refractivity contribution is 1.10. The lowest BCUT2D eigenvalue weighted by Gasteiger charge is -2.00. The van der Waals surface area contributed by atoms with Crippen LogP contribution in [-0.4, -0.2) is 9.97 Å². The summed E-state index contributed by atoms with van der Waals surface area (Å²) in [4.78, 5) is 10.2. The Kier molecular flexibility index (Phi) is 2.04. The molecule has 74 valence electrons. The van der Waals surface area contributed by atoms with Crippen molar-refractivity contribution < 1.29 is 0 Å². The van der Waals surface area contributed by atoms with Gasteiger partial charge in [-0.05, 0) is 29.8 Å². The van der Waals surface area contributed by atoms with Crippen LogP contribution in [0.5, 0.6) is 0 Å². The zero-order valence-electron chi connectivity index (χ0n) is 8.10. The Morgan fingerprint density at radius 1 is 1.07 bits per heavy atom. The summed E-state index contributed by atoms with van der Waals surface area (Å²) in [5, 5.41) is 4.14. The molecule has 0 aromatic carbocycles. The molecule has 0 saturated heterocycles. The number of hydrogen-bond donors (Lipinski definition) is 0. The summed E-state index contributed by atoms with van der Waals surface area (Å²) < 4.78 is 1.18. The standard InChI is InChI=1S/C11H8N2S2/c1-7-12-8-4-6-15-11(8)10(13-7)9-3-2-5-14-9/h2-6H,1H3. The fourth-order valence-corrected chi connectivity index (χ4v) is 3.18. The quantitative estimate of drug-likeness (QED) is 0.639. The maximum Gasteiger partial charge on any atom is 0.126 e. The second kappa shape index (κ2) is 3.40. The van der Waals surface area contributed by atoms with E-state index in [0.29, 0.717) is 0 Å². The van der Waals surface area contributed by atoms with E-state index in [9.17, 15) is 0 Å². The van der Waals surface area contributed by atoms with Crippen LogP contribution in [0.3, 0.4) is 0 Å². The highest BCUT2D eigenvalue weighted by atomic mass is 32.1. The van der Waals surface area contributed by atoms with Crippen molar-refractivity contribution in [3.8, 4) is 10.6 Å². The monoisotopic (exact) mass is 232 g/mol. The van der Waals surface area contributed by atoms with Crippen LogP contribution >= 0.6 is 22.7 Å². The molecule has 0 amide bonds. The first-order valence-corrected chi connectivity index (χ1v) is 6.36. The van der Waals surface area contributed by atoms with Gasteiger partial charge >= 0.3 is 0 Å². The van der Waals surface area contributed by atoms with E-state index >= 15 is 0 Å². The molecule has 3 heterocycles. The van der Waals surface area contributed by atoms with Gasteiger partial charge in [-0.3, -0.25) is 0 Å². The first-order valence-electron chi connectivity index (χ1n) is 4.60. The largest absolute Gasteiger partial charge is 0.232 e. The molecule has 3 rings (SSSR count). The number of rotatable bonds is 1. The second-order valence-electron chi connectivity index (χ2n) is 3.23. The van der Waals surface area contributed by atoms with Gasteiger partial charge < -0.3 is 0 Å². The molecule has 0 unspecified atom stereocenters. The topological polar surface area (TPSA) is 25.8 Å². The third-order valence-electron chi connectivity index (χ3n) is 2.17.